The normalized spacial score (nSPS) is 24.4. The van der Waals surface area contributed by atoms with Crippen molar-refractivity contribution >= 4 is 0 Å². The predicted molar refractivity (Wildman–Crippen MR) is 72.3 cm³/mol. The molecule has 100 valence electrons. The molecule has 1 fully saturated rings. The topological polar surface area (TPSA) is 37.4 Å². The molecule has 1 aromatic heterocycles. The van der Waals surface area contributed by atoms with Gasteiger partial charge in [-0.1, -0.05) is 6.07 Å². The largest absolute Gasteiger partial charge is 0.381 e. The van der Waals surface area contributed by atoms with Gasteiger partial charge in [0.1, 0.15) is 0 Å². The Balaban J connectivity index is 1.84. The summed E-state index contributed by atoms with van der Waals surface area (Å²) < 4.78 is 5.58. The molecule has 0 amide bonds. The monoisotopic (exact) mass is 249 g/mol. The molecule has 4 nitrogen and oxygen atoms in total. The Bertz CT molecular complexity index is 344. The lowest BCUT2D eigenvalue weighted by atomic mass is 9.95. The SMILES string of the molecule is CNC1CCOCC1CN(C)Cc1ccccn1. The smallest absolute Gasteiger partial charge is 0.0543 e. The first-order valence-corrected chi connectivity index (χ1v) is 6.63. The van der Waals surface area contributed by atoms with Crippen molar-refractivity contribution in [3.05, 3.63) is 30.1 Å². The Kier molecular flexibility index (Phi) is 5.11. The highest BCUT2D eigenvalue weighted by molar-refractivity contribution is 5.03. The van der Waals surface area contributed by atoms with E-state index in [1.165, 1.54) is 0 Å². The highest BCUT2D eigenvalue weighted by atomic mass is 16.5. The van der Waals surface area contributed by atoms with E-state index >= 15 is 0 Å². The molecule has 2 atom stereocenters. The molecule has 1 aliphatic rings. The van der Waals surface area contributed by atoms with Crippen LogP contribution in [0.1, 0.15) is 12.1 Å². The van der Waals surface area contributed by atoms with E-state index in [9.17, 15) is 0 Å². The fourth-order valence-electron chi connectivity index (χ4n) is 2.59. The van der Waals surface area contributed by atoms with Crippen LogP contribution in [0.3, 0.4) is 0 Å². The van der Waals surface area contributed by atoms with E-state index in [2.05, 4.69) is 28.3 Å². The number of ether oxygens (including phenoxy) is 1. The van der Waals surface area contributed by atoms with Crippen molar-refractivity contribution in [2.45, 2.75) is 19.0 Å². The lowest BCUT2D eigenvalue weighted by molar-refractivity contribution is 0.0207. The van der Waals surface area contributed by atoms with Crippen molar-refractivity contribution in [1.82, 2.24) is 15.2 Å². The van der Waals surface area contributed by atoms with Gasteiger partial charge < -0.3 is 15.0 Å². The van der Waals surface area contributed by atoms with Gasteiger partial charge in [0.25, 0.3) is 0 Å². The zero-order valence-corrected chi connectivity index (χ0v) is 11.3. The van der Waals surface area contributed by atoms with Gasteiger partial charge in [-0.15, -0.1) is 0 Å². The van der Waals surface area contributed by atoms with Crippen molar-refractivity contribution in [2.75, 3.05) is 33.9 Å². The highest BCUT2D eigenvalue weighted by Gasteiger charge is 2.25. The number of pyridine rings is 1. The molecule has 1 saturated heterocycles. The van der Waals surface area contributed by atoms with Gasteiger partial charge in [0, 0.05) is 37.9 Å². The van der Waals surface area contributed by atoms with Crippen LogP contribution in [0, 0.1) is 5.92 Å². The number of nitrogens with zero attached hydrogens (tertiary/aromatic N) is 2. The molecule has 2 unspecified atom stereocenters. The van der Waals surface area contributed by atoms with Gasteiger partial charge in [-0.3, -0.25) is 4.98 Å². The van der Waals surface area contributed by atoms with Crippen LogP contribution in [0.2, 0.25) is 0 Å². The van der Waals surface area contributed by atoms with Gasteiger partial charge in [-0.05, 0) is 32.6 Å². The first kappa shape index (κ1) is 13.5. The zero-order chi connectivity index (χ0) is 12.8. The number of rotatable bonds is 5. The minimum Gasteiger partial charge on any atom is -0.381 e. The molecule has 1 aliphatic heterocycles. The maximum absolute atomic E-state index is 5.58. The van der Waals surface area contributed by atoms with Crippen LogP contribution in [0.25, 0.3) is 0 Å². The average Bonchev–Trinajstić information content (AvgIpc) is 2.40. The van der Waals surface area contributed by atoms with E-state index in [1.54, 1.807) is 0 Å². The van der Waals surface area contributed by atoms with Gasteiger partial charge in [0.15, 0.2) is 0 Å². The summed E-state index contributed by atoms with van der Waals surface area (Å²) in [4.78, 5) is 6.69. The van der Waals surface area contributed by atoms with Gasteiger partial charge in [-0.2, -0.15) is 0 Å². The van der Waals surface area contributed by atoms with Gasteiger partial charge in [-0.25, -0.2) is 0 Å². The quantitative estimate of drug-likeness (QED) is 0.849. The lowest BCUT2D eigenvalue weighted by Gasteiger charge is -2.34. The zero-order valence-electron chi connectivity index (χ0n) is 11.3. The minimum absolute atomic E-state index is 0.567. The molecule has 0 radical (unpaired) electrons. The fourth-order valence-corrected chi connectivity index (χ4v) is 2.59. The fraction of sp³-hybridized carbons (Fsp3) is 0.643. The molecule has 0 saturated carbocycles. The van der Waals surface area contributed by atoms with Crippen LogP contribution in [0.4, 0.5) is 0 Å². The van der Waals surface area contributed by atoms with E-state index in [1.807, 2.05) is 25.4 Å². The van der Waals surface area contributed by atoms with Crippen molar-refractivity contribution in [3.8, 4) is 0 Å². The van der Waals surface area contributed by atoms with Crippen molar-refractivity contribution < 1.29 is 4.74 Å². The van der Waals surface area contributed by atoms with Crippen LogP contribution in [0.15, 0.2) is 24.4 Å². The molecule has 2 rings (SSSR count). The maximum atomic E-state index is 5.58. The summed E-state index contributed by atoms with van der Waals surface area (Å²) in [6, 6.07) is 6.64. The third-order valence-electron chi connectivity index (χ3n) is 3.55. The third-order valence-corrected chi connectivity index (χ3v) is 3.55. The Morgan fingerprint density at radius 3 is 3.11 bits per heavy atom. The van der Waals surface area contributed by atoms with Gasteiger partial charge >= 0.3 is 0 Å². The van der Waals surface area contributed by atoms with E-state index in [0.29, 0.717) is 12.0 Å². The second-order valence-corrected chi connectivity index (χ2v) is 5.04. The summed E-state index contributed by atoms with van der Waals surface area (Å²) in [5.74, 6) is 0.567. The average molecular weight is 249 g/mol. The Labute approximate surface area is 109 Å². The Hall–Kier alpha value is -0.970. The molecular formula is C14H23N3O. The minimum atomic E-state index is 0.567. The molecule has 0 bridgehead atoms. The van der Waals surface area contributed by atoms with E-state index < -0.39 is 0 Å². The van der Waals surface area contributed by atoms with Gasteiger partial charge in [0.2, 0.25) is 0 Å². The molecular weight excluding hydrogens is 226 g/mol. The standard InChI is InChI=1S/C14H23N3O/c1-15-14-6-8-18-11-12(14)9-17(2)10-13-5-3-4-7-16-13/h3-5,7,12,14-15H,6,8-11H2,1-2H3. The molecule has 0 aromatic carbocycles. The van der Waals surface area contributed by atoms with Crippen LogP contribution in [-0.4, -0.2) is 49.8 Å². The van der Waals surface area contributed by atoms with Crippen molar-refractivity contribution in [3.63, 3.8) is 0 Å². The summed E-state index contributed by atoms with van der Waals surface area (Å²) >= 11 is 0. The second-order valence-electron chi connectivity index (χ2n) is 5.04. The third kappa shape index (κ3) is 3.77. The number of aromatic nitrogens is 1. The Morgan fingerprint density at radius 2 is 2.39 bits per heavy atom. The number of nitrogens with one attached hydrogen (secondary N) is 1. The molecule has 1 N–H and O–H groups in total. The molecule has 18 heavy (non-hydrogen) atoms. The van der Waals surface area contributed by atoms with E-state index in [4.69, 9.17) is 4.74 Å². The van der Waals surface area contributed by atoms with Gasteiger partial charge in [0.05, 0.1) is 12.3 Å². The first-order valence-electron chi connectivity index (χ1n) is 6.63. The highest BCUT2D eigenvalue weighted by Crippen LogP contribution is 2.16. The van der Waals surface area contributed by atoms with Crippen molar-refractivity contribution in [1.29, 1.82) is 0 Å². The number of hydrogen-bond acceptors (Lipinski definition) is 4. The molecule has 0 aliphatic carbocycles. The Morgan fingerprint density at radius 1 is 1.50 bits per heavy atom. The summed E-state index contributed by atoms with van der Waals surface area (Å²) in [6.07, 6.45) is 2.96. The second kappa shape index (κ2) is 6.83. The summed E-state index contributed by atoms with van der Waals surface area (Å²) in [7, 11) is 4.19. The molecule has 4 heteroatoms. The summed E-state index contributed by atoms with van der Waals surface area (Å²) in [6.45, 7) is 3.68. The summed E-state index contributed by atoms with van der Waals surface area (Å²) in [5, 5.41) is 3.40. The van der Waals surface area contributed by atoms with Crippen LogP contribution in [0.5, 0.6) is 0 Å². The van der Waals surface area contributed by atoms with Crippen LogP contribution < -0.4 is 5.32 Å². The molecule has 1 aromatic rings. The molecule has 0 spiro atoms. The summed E-state index contributed by atoms with van der Waals surface area (Å²) in [5.41, 5.74) is 1.12. The predicted octanol–water partition coefficient (Wildman–Crippen LogP) is 1.14. The van der Waals surface area contributed by atoms with E-state index in [-0.39, 0.29) is 0 Å². The maximum Gasteiger partial charge on any atom is 0.0543 e. The number of hydrogen-bond donors (Lipinski definition) is 1. The van der Waals surface area contributed by atoms with Crippen molar-refractivity contribution in [2.24, 2.45) is 5.92 Å². The lowest BCUT2D eigenvalue weighted by Crippen LogP contribution is -2.45. The van der Waals surface area contributed by atoms with E-state index in [0.717, 1.165) is 38.4 Å². The first-order chi connectivity index (χ1) is 8.79. The molecule has 2 heterocycles. The van der Waals surface area contributed by atoms with Crippen LogP contribution >= 0.6 is 0 Å². The van der Waals surface area contributed by atoms with Crippen LogP contribution in [-0.2, 0) is 11.3 Å².